The molecular weight excluding hydrogens is 617 g/mol. The lowest BCUT2D eigenvalue weighted by molar-refractivity contribution is -0.139. The standard InChI is InChI=1S/C31H28Cl3N3O4S/c1-35-31(39)29(19-22-9-4-2-5-10-22)36(20-26-27(33)13-8-14-28(26)34)30(38)21-37(24-11-6-3-7-12-24)42(40,41)25-17-15-23(32)16-18-25/h2-18,29H,19-21H2,1H3,(H,35,39)/t29-/m0/s1. The average molecular weight is 645 g/mol. The molecule has 4 rings (SSSR count). The quantitative estimate of drug-likeness (QED) is 0.210. The van der Waals surface area contributed by atoms with Crippen LogP contribution in [0.4, 0.5) is 5.69 Å². The van der Waals surface area contributed by atoms with Crippen LogP contribution >= 0.6 is 34.8 Å². The van der Waals surface area contributed by atoms with E-state index in [-0.39, 0.29) is 23.5 Å². The SMILES string of the molecule is CNC(=O)[C@H](Cc1ccccc1)N(Cc1c(Cl)cccc1Cl)C(=O)CN(c1ccccc1)S(=O)(=O)c1ccc(Cl)cc1. The number of amides is 2. The summed E-state index contributed by atoms with van der Waals surface area (Å²) < 4.78 is 28.8. The van der Waals surface area contributed by atoms with E-state index in [1.165, 1.54) is 36.2 Å². The maximum absolute atomic E-state index is 14.3. The first-order chi connectivity index (χ1) is 20.1. The largest absolute Gasteiger partial charge is 0.357 e. The second-order valence-electron chi connectivity index (χ2n) is 9.34. The minimum absolute atomic E-state index is 0.0450. The molecule has 0 aromatic heterocycles. The number of likely N-dealkylation sites (N-methyl/N-ethyl adjacent to an activating group) is 1. The number of hydrogen-bond acceptors (Lipinski definition) is 4. The van der Waals surface area contributed by atoms with Gasteiger partial charge >= 0.3 is 0 Å². The van der Waals surface area contributed by atoms with E-state index in [4.69, 9.17) is 34.8 Å². The van der Waals surface area contributed by atoms with Crippen molar-refractivity contribution in [2.75, 3.05) is 17.9 Å². The van der Waals surface area contributed by atoms with Crippen LogP contribution in [0.2, 0.25) is 15.1 Å². The number of nitrogens with zero attached hydrogens (tertiary/aromatic N) is 2. The molecule has 0 radical (unpaired) electrons. The van der Waals surface area contributed by atoms with Gasteiger partial charge in [-0.1, -0.05) is 89.4 Å². The first kappa shape index (κ1) is 31.4. The van der Waals surface area contributed by atoms with E-state index in [1.807, 2.05) is 30.3 Å². The van der Waals surface area contributed by atoms with Crippen molar-refractivity contribution in [3.05, 3.63) is 129 Å². The number of rotatable bonds is 11. The molecule has 0 aliphatic carbocycles. The topological polar surface area (TPSA) is 86.8 Å². The zero-order valence-electron chi connectivity index (χ0n) is 22.6. The Morgan fingerprint density at radius 1 is 0.786 bits per heavy atom. The molecule has 11 heteroatoms. The summed E-state index contributed by atoms with van der Waals surface area (Å²) in [6, 6.07) is 27.1. The maximum atomic E-state index is 14.3. The van der Waals surface area contributed by atoms with Crippen molar-refractivity contribution >= 4 is 62.3 Å². The van der Waals surface area contributed by atoms with Gasteiger partial charge in [0, 0.05) is 40.6 Å². The number of carbonyl (C=O) groups is 2. The monoisotopic (exact) mass is 643 g/mol. The number of anilines is 1. The van der Waals surface area contributed by atoms with Gasteiger partial charge in [-0.25, -0.2) is 8.42 Å². The molecule has 4 aromatic rings. The number of para-hydroxylation sites is 1. The predicted octanol–water partition coefficient (Wildman–Crippen LogP) is 6.23. The highest BCUT2D eigenvalue weighted by Crippen LogP contribution is 2.29. The molecule has 0 saturated heterocycles. The summed E-state index contributed by atoms with van der Waals surface area (Å²) in [5, 5.41) is 3.63. The van der Waals surface area contributed by atoms with Gasteiger partial charge in [0.05, 0.1) is 10.6 Å². The second kappa shape index (κ2) is 14.1. The first-order valence-electron chi connectivity index (χ1n) is 12.9. The van der Waals surface area contributed by atoms with E-state index in [9.17, 15) is 18.0 Å². The van der Waals surface area contributed by atoms with Crippen molar-refractivity contribution in [3.63, 3.8) is 0 Å². The molecule has 0 heterocycles. The van der Waals surface area contributed by atoms with Crippen LogP contribution < -0.4 is 9.62 Å². The van der Waals surface area contributed by atoms with Crippen LogP contribution in [-0.4, -0.2) is 44.8 Å². The highest BCUT2D eigenvalue weighted by atomic mass is 35.5. The third-order valence-electron chi connectivity index (χ3n) is 6.63. The van der Waals surface area contributed by atoms with E-state index in [2.05, 4.69) is 5.32 Å². The molecule has 218 valence electrons. The Bertz CT molecular complexity index is 1620. The number of benzene rings is 4. The molecule has 0 aliphatic rings. The van der Waals surface area contributed by atoms with E-state index in [0.29, 0.717) is 20.6 Å². The van der Waals surface area contributed by atoms with Crippen LogP contribution in [0.1, 0.15) is 11.1 Å². The van der Waals surface area contributed by atoms with Crippen LogP contribution in [-0.2, 0) is 32.6 Å². The lowest BCUT2D eigenvalue weighted by Crippen LogP contribution is -2.53. The van der Waals surface area contributed by atoms with Gasteiger partial charge in [-0.15, -0.1) is 0 Å². The lowest BCUT2D eigenvalue weighted by atomic mass is 10.0. The Kier molecular flexibility index (Phi) is 10.5. The summed E-state index contributed by atoms with van der Waals surface area (Å²) in [4.78, 5) is 28.9. The molecule has 4 aromatic carbocycles. The van der Waals surface area contributed by atoms with Crippen LogP contribution in [0.3, 0.4) is 0 Å². The fourth-order valence-corrected chi connectivity index (χ4v) is 6.49. The smallest absolute Gasteiger partial charge is 0.264 e. The highest BCUT2D eigenvalue weighted by molar-refractivity contribution is 7.92. The average Bonchev–Trinajstić information content (AvgIpc) is 2.99. The van der Waals surface area contributed by atoms with Crippen molar-refractivity contribution < 1.29 is 18.0 Å². The number of nitrogens with one attached hydrogen (secondary N) is 1. The van der Waals surface area contributed by atoms with E-state index >= 15 is 0 Å². The summed E-state index contributed by atoms with van der Waals surface area (Å²) in [5.74, 6) is -1.06. The summed E-state index contributed by atoms with van der Waals surface area (Å²) in [6.07, 6.45) is 0.170. The number of sulfonamides is 1. The second-order valence-corrected chi connectivity index (χ2v) is 12.5. The molecular formula is C31H28Cl3N3O4S. The summed E-state index contributed by atoms with van der Waals surface area (Å²) >= 11 is 19.0. The van der Waals surface area contributed by atoms with E-state index in [0.717, 1.165) is 9.87 Å². The normalized spacial score (nSPS) is 11.9. The van der Waals surface area contributed by atoms with Gasteiger partial charge in [-0.2, -0.15) is 0 Å². The van der Waals surface area contributed by atoms with E-state index < -0.39 is 34.4 Å². The molecule has 1 atom stereocenters. The zero-order valence-corrected chi connectivity index (χ0v) is 25.7. The molecule has 0 bridgehead atoms. The highest BCUT2D eigenvalue weighted by Gasteiger charge is 2.34. The Balaban J connectivity index is 1.80. The molecule has 0 spiro atoms. The number of carbonyl (C=O) groups excluding carboxylic acids is 2. The Morgan fingerprint density at radius 2 is 1.36 bits per heavy atom. The maximum Gasteiger partial charge on any atom is 0.264 e. The van der Waals surface area contributed by atoms with Crippen LogP contribution in [0.25, 0.3) is 0 Å². The van der Waals surface area contributed by atoms with Crippen molar-refractivity contribution in [1.82, 2.24) is 10.2 Å². The fourth-order valence-electron chi connectivity index (χ4n) is 4.43. The molecule has 2 amide bonds. The third kappa shape index (κ3) is 7.44. The van der Waals surface area contributed by atoms with Crippen LogP contribution in [0.15, 0.2) is 108 Å². The van der Waals surface area contributed by atoms with Gasteiger partial charge in [0.2, 0.25) is 11.8 Å². The molecule has 7 nitrogen and oxygen atoms in total. The first-order valence-corrected chi connectivity index (χ1v) is 15.5. The van der Waals surface area contributed by atoms with Gasteiger partial charge in [0.1, 0.15) is 12.6 Å². The van der Waals surface area contributed by atoms with Crippen molar-refractivity contribution in [2.24, 2.45) is 0 Å². The van der Waals surface area contributed by atoms with Crippen LogP contribution in [0.5, 0.6) is 0 Å². The van der Waals surface area contributed by atoms with Gasteiger partial charge in [-0.3, -0.25) is 13.9 Å². The number of halogens is 3. The van der Waals surface area contributed by atoms with E-state index in [1.54, 1.807) is 48.5 Å². The van der Waals surface area contributed by atoms with Crippen molar-refractivity contribution in [2.45, 2.75) is 23.9 Å². The van der Waals surface area contributed by atoms with Gasteiger partial charge in [-0.05, 0) is 54.1 Å². The molecule has 1 N–H and O–H groups in total. The Hall–Kier alpha value is -3.56. The van der Waals surface area contributed by atoms with Gasteiger partial charge in [0.15, 0.2) is 0 Å². The van der Waals surface area contributed by atoms with Gasteiger partial charge < -0.3 is 10.2 Å². The number of hydrogen-bond donors (Lipinski definition) is 1. The van der Waals surface area contributed by atoms with Crippen molar-refractivity contribution in [1.29, 1.82) is 0 Å². The molecule has 0 aliphatic heterocycles. The summed E-state index contributed by atoms with van der Waals surface area (Å²) in [6.45, 7) is -0.731. The predicted molar refractivity (Wildman–Crippen MR) is 167 cm³/mol. The minimum Gasteiger partial charge on any atom is -0.357 e. The molecule has 0 fully saturated rings. The molecule has 42 heavy (non-hydrogen) atoms. The fraction of sp³-hybridized carbons (Fsp3) is 0.161. The zero-order chi connectivity index (χ0) is 30.3. The van der Waals surface area contributed by atoms with Gasteiger partial charge in [0.25, 0.3) is 10.0 Å². The third-order valence-corrected chi connectivity index (χ3v) is 9.38. The molecule has 0 saturated carbocycles. The van der Waals surface area contributed by atoms with Crippen molar-refractivity contribution in [3.8, 4) is 0 Å². The lowest BCUT2D eigenvalue weighted by Gasteiger charge is -2.34. The summed E-state index contributed by atoms with van der Waals surface area (Å²) in [5.41, 5.74) is 1.52. The Morgan fingerprint density at radius 3 is 1.93 bits per heavy atom. The Labute approximate surface area is 260 Å². The van der Waals surface area contributed by atoms with Crippen LogP contribution in [0, 0.1) is 0 Å². The summed E-state index contributed by atoms with van der Waals surface area (Å²) in [7, 11) is -2.75. The minimum atomic E-state index is -4.22. The molecule has 0 unspecified atom stereocenters.